The molecular formula is C19H22N2O4. The predicted molar refractivity (Wildman–Crippen MR) is 94.5 cm³/mol. The molecule has 2 rings (SSSR count). The van der Waals surface area contributed by atoms with Crippen LogP contribution in [-0.4, -0.2) is 18.1 Å². The molecule has 0 bridgehead atoms. The second kappa shape index (κ2) is 6.98. The summed E-state index contributed by atoms with van der Waals surface area (Å²) in [5.74, 6) is 0.0312. The fourth-order valence-corrected chi connectivity index (χ4v) is 2.43. The van der Waals surface area contributed by atoms with Gasteiger partial charge >= 0.3 is 5.63 Å². The minimum Gasteiger partial charge on any atom is -0.483 e. The molecule has 1 heterocycles. The quantitative estimate of drug-likeness (QED) is 0.844. The van der Waals surface area contributed by atoms with Crippen molar-refractivity contribution in [1.82, 2.24) is 5.32 Å². The predicted octanol–water partition coefficient (Wildman–Crippen LogP) is 2.84. The van der Waals surface area contributed by atoms with Gasteiger partial charge in [-0.3, -0.25) is 4.79 Å². The van der Waals surface area contributed by atoms with E-state index in [-0.39, 0.29) is 18.4 Å². The summed E-state index contributed by atoms with van der Waals surface area (Å²) in [6.45, 7) is 8.78. The average molecular weight is 342 g/mol. The number of nitrogens with one attached hydrogen (secondary N) is 1. The molecule has 25 heavy (non-hydrogen) atoms. The molecule has 0 unspecified atom stereocenters. The Hall–Kier alpha value is -2.81. The van der Waals surface area contributed by atoms with E-state index in [0.29, 0.717) is 16.9 Å². The second-order valence-corrected chi connectivity index (χ2v) is 6.62. The lowest BCUT2D eigenvalue weighted by Crippen LogP contribution is -2.50. The number of amides is 1. The molecule has 0 radical (unpaired) electrons. The van der Waals surface area contributed by atoms with Crippen molar-refractivity contribution in [3.63, 3.8) is 0 Å². The zero-order valence-electron chi connectivity index (χ0n) is 15.1. The molecule has 6 nitrogen and oxygen atoms in total. The molecule has 1 aromatic carbocycles. The van der Waals surface area contributed by atoms with Crippen LogP contribution >= 0.6 is 0 Å². The van der Waals surface area contributed by atoms with E-state index < -0.39 is 11.2 Å². The van der Waals surface area contributed by atoms with Crippen LogP contribution in [0.25, 0.3) is 11.0 Å². The highest BCUT2D eigenvalue weighted by molar-refractivity contribution is 5.85. The molecule has 2 aromatic rings. The van der Waals surface area contributed by atoms with Gasteiger partial charge in [0.1, 0.15) is 16.9 Å². The lowest BCUT2D eigenvalue weighted by molar-refractivity contribution is -0.124. The third kappa shape index (κ3) is 3.82. The maximum Gasteiger partial charge on any atom is 0.336 e. The van der Waals surface area contributed by atoms with Crippen LogP contribution in [0, 0.1) is 31.1 Å². The summed E-state index contributed by atoms with van der Waals surface area (Å²) < 4.78 is 10.8. The van der Waals surface area contributed by atoms with Crippen LogP contribution < -0.4 is 15.7 Å². The van der Waals surface area contributed by atoms with E-state index in [4.69, 9.17) is 9.15 Å². The molecule has 0 saturated carbocycles. The Bertz CT molecular complexity index is 908. The summed E-state index contributed by atoms with van der Waals surface area (Å²) >= 11 is 0. The van der Waals surface area contributed by atoms with E-state index in [0.717, 1.165) is 10.9 Å². The summed E-state index contributed by atoms with van der Waals surface area (Å²) in [5, 5.41) is 12.8. The van der Waals surface area contributed by atoms with Crippen LogP contribution in [-0.2, 0) is 4.79 Å². The Kier molecular flexibility index (Phi) is 5.17. The Morgan fingerprint density at radius 1 is 1.40 bits per heavy atom. The van der Waals surface area contributed by atoms with E-state index in [1.165, 1.54) is 6.07 Å². The molecule has 0 aliphatic carbocycles. The summed E-state index contributed by atoms with van der Waals surface area (Å²) in [6.07, 6.45) is 0. The van der Waals surface area contributed by atoms with Crippen LogP contribution in [0.4, 0.5) is 0 Å². The van der Waals surface area contributed by atoms with Crippen molar-refractivity contribution in [2.24, 2.45) is 5.92 Å². The van der Waals surface area contributed by atoms with Crippen LogP contribution in [0.1, 0.15) is 31.9 Å². The molecule has 132 valence electrons. The normalized spacial score (nSPS) is 13.3. The second-order valence-electron chi connectivity index (χ2n) is 6.62. The summed E-state index contributed by atoms with van der Waals surface area (Å²) in [7, 11) is 0. The van der Waals surface area contributed by atoms with Crippen LogP contribution in [0.15, 0.2) is 27.4 Å². The SMILES string of the molecule is Cc1cc(=O)oc2c(C)c(OCC(=O)N[C@](C)(C#N)C(C)C)ccc12. The molecule has 1 aromatic heterocycles. The maximum absolute atomic E-state index is 12.1. The number of fused-ring (bicyclic) bond motifs is 1. The first-order valence-corrected chi connectivity index (χ1v) is 8.07. The monoisotopic (exact) mass is 342 g/mol. The Labute approximate surface area is 146 Å². The van der Waals surface area contributed by atoms with Gasteiger partial charge in [0.25, 0.3) is 5.91 Å². The number of benzene rings is 1. The molecular weight excluding hydrogens is 320 g/mol. The Morgan fingerprint density at radius 2 is 2.08 bits per heavy atom. The van der Waals surface area contributed by atoms with E-state index >= 15 is 0 Å². The summed E-state index contributed by atoms with van der Waals surface area (Å²) in [5.41, 5.74) is 0.540. The molecule has 0 fully saturated rings. The van der Waals surface area contributed by atoms with Gasteiger partial charge in [0, 0.05) is 17.0 Å². The number of aryl methyl sites for hydroxylation is 2. The van der Waals surface area contributed by atoms with Gasteiger partial charge in [0.15, 0.2) is 6.61 Å². The number of nitrogens with zero attached hydrogens (tertiary/aromatic N) is 1. The molecule has 6 heteroatoms. The lowest BCUT2D eigenvalue weighted by Gasteiger charge is -2.27. The van der Waals surface area contributed by atoms with Crippen molar-refractivity contribution in [1.29, 1.82) is 5.26 Å². The highest BCUT2D eigenvalue weighted by Crippen LogP contribution is 2.28. The number of carbonyl (C=O) groups is 1. The van der Waals surface area contributed by atoms with Crippen LogP contribution in [0.5, 0.6) is 5.75 Å². The highest BCUT2D eigenvalue weighted by atomic mass is 16.5. The summed E-state index contributed by atoms with van der Waals surface area (Å²) in [6, 6.07) is 7.09. The Balaban J connectivity index is 2.19. The van der Waals surface area contributed by atoms with Gasteiger partial charge < -0.3 is 14.5 Å². The zero-order chi connectivity index (χ0) is 18.8. The molecule has 0 aliphatic rings. The highest BCUT2D eigenvalue weighted by Gasteiger charge is 2.30. The van der Waals surface area contributed by atoms with Crippen molar-refractivity contribution in [2.75, 3.05) is 6.61 Å². The van der Waals surface area contributed by atoms with Gasteiger partial charge in [-0.25, -0.2) is 4.79 Å². The van der Waals surface area contributed by atoms with Gasteiger partial charge in [0.2, 0.25) is 0 Å². The molecule has 1 N–H and O–H groups in total. The third-order valence-corrected chi connectivity index (χ3v) is 4.46. The lowest BCUT2D eigenvalue weighted by atomic mass is 9.90. The van der Waals surface area contributed by atoms with Crippen molar-refractivity contribution < 1.29 is 13.9 Å². The molecule has 1 atom stereocenters. The largest absolute Gasteiger partial charge is 0.483 e. The fraction of sp³-hybridized carbons (Fsp3) is 0.421. The van der Waals surface area contributed by atoms with Gasteiger partial charge in [-0.2, -0.15) is 5.26 Å². The van der Waals surface area contributed by atoms with Gasteiger partial charge in [-0.05, 0) is 44.4 Å². The summed E-state index contributed by atoms with van der Waals surface area (Å²) in [4.78, 5) is 23.7. The average Bonchev–Trinajstić information content (AvgIpc) is 2.54. The molecule has 0 aliphatic heterocycles. The minimum atomic E-state index is -0.956. The zero-order valence-corrected chi connectivity index (χ0v) is 15.1. The van der Waals surface area contributed by atoms with E-state index in [1.54, 1.807) is 26.0 Å². The number of nitriles is 1. The van der Waals surface area contributed by atoms with Crippen molar-refractivity contribution in [2.45, 2.75) is 40.2 Å². The first-order chi connectivity index (χ1) is 11.7. The van der Waals surface area contributed by atoms with E-state index in [1.807, 2.05) is 20.8 Å². The Morgan fingerprint density at radius 3 is 2.68 bits per heavy atom. The molecule has 1 amide bonds. The topological polar surface area (TPSA) is 92.3 Å². The minimum absolute atomic E-state index is 0.0406. The van der Waals surface area contributed by atoms with Gasteiger partial charge in [0.05, 0.1) is 6.07 Å². The van der Waals surface area contributed by atoms with Crippen molar-refractivity contribution in [3.8, 4) is 11.8 Å². The number of carbonyl (C=O) groups excluding carboxylic acids is 1. The van der Waals surface area contributed by atoms with Crippen LogP contribution in [0.2, 0.25) is 0 Å². The first-order valence-electron chi connectivity index (χ1n) is 8.07. The first kappa shape index (κ1) is 18.5. The van der Waals surface area contributed by atoms with Crippen molar-refractivity contribution in [3.05, 3.63) is 39.7 Å². The number of hydrogen-bond donors (Lipinski definition) is 1. The fourth-order valence-electron chi connectivity index (χ4n) is 2.43. The standard InChI is InChI=1S/C19H22N2O4/c1-11(2)19(5,10-20)21-16(22)9-24-15-7-6-14-12(3)8-17(23)25-18(14)13(15)4/h6-8,11H,9H2,1-5H3,(H,21,22)/t19-/m1/s1. The number of hydrogen-bond acceptors (Lipinski definition) is 5. The van der Waals surface area contributed by atoms with E-state index in [2.05, 4.69) is 11.4 Å². The number of ether oxygens (including phenoxy) is 1. The van der Waals surface area contributed by atoms with Gasteiger partial charge in [-0.1, -0.05) is 13.8 Å². The number of rotatable bonds is 5. The van der Waals surface area contributed by atoms with Crippen LogP contribution in [0.3, 0.4) is 0 Å². The maximum atomic E-state index is 12.1. The molecule has 0 saturated heterocycles. The molecule has 0 spiro atoms. The van der Waals surface area contributed by atoms with E-state index in [9.17, 15) is 14.9 Å². The van der Waals surface area contributed by atoms with Crippen molar-refractivity contribution >= 4 is 16.9 Å². The third-order valence-electron chi connectivity index (χ3n) is 4.46. The smallest absolute Gasteiger partial charge is 0.336 e. The van der Waals surface area contributed by atoms with Gasteiger partial charge in [-0.15, -0.1) is 0 Å².